The minimum Gasteiger partial charge on any atom is -0.387 e. The van der Waals surface area contributed by atoms with E-state index in [1.807, 2.05) is 38.1 Å². The Bertz CT molecular complexity index is 518. The molecule has 0 saturated carbocycles. The Morgan fingerprint density at radius 1 is 1.40 bits per heavy atom. The molecule has 0 bridgehead atoms. The summed E-state index contributed by atoms with van der Waals surface area (Å²) >= 11 is 0. The molecule has 5 nitrogen and oxygen atoms in total. The second-order valence-corrected chi connectivity index (χ2v) is 5.76. The first-order valence-electron chi connectivity index (χ1n) is 6.88. The predicted octanol–water partition coefficient (Wildman–Crippen LogP) is 2.56. The maximum Gasteiger partial charge on any atom is 0.321 e. The van der Waals surface area contributed by atoms with Crippen LogP contribution >= 0.6 is 0 Å². The highest BCUT2D eigenvalue weighted by Gasteiger charge is 2.34. The molecule has 1 heterocycles. The van der Waals surface area contributed by atoms with Crippen LogP contribution in [0, 0.1) is 17.7 Å². The number of nitrogens with two attached hydrogens (primary N) is 1. The average molecular weight is 274 g/mol. The molecule has 2 rings (SSSR count). The number of amides is 2. The maximum absolute atomic E-state index is 12.2. The van der Waals surface area contributed by atoms with Gasteiger partial charge in [-0.25, -0.2) is 4.79 Å². The number of aryl methyl sites for hydroxylation is 1. The fraction of sp³-hybridized carbons (Fsp3) is 0.467. The van der Waals surface area contributed by atoms with Crippen molar-refractivity contribution in [3.8, 4) is 0 Å². The molecule has 108 valence electrons. The number of amidine groups is 1. The van der Waals surface area contributed by atoms with Gasteiger partial charge in [-0.05, 0) is 37.5 Å². The first-order chi connectivity index (χ1) is 9.40. The van der Waals surface area contributed by atoms with Crippen LogP contribution in [-0.4, -0.2) is 29.9 Å². The molecule has 0 spiro atoms. The van der Waals surface area contributed by atoms with Crippen LogP contribution in [0.3, 0.4) is 0 Å². The third-order valence-corrected chi connectivity index (χ3v) is 4.07. The van der Waals surface area contributed by atoms with Crippen LogP contribution in [-0.2, 0) is 0 Å². The van der Waals surface area contributed by atoms with Gasteiger partial charge in [-0.15, -0.1) is 0 Å². The lowest BCUT2D eigenvalue weighted by atomic mass is 9.79. The molecular formula is C15H22N4O. The molecule has 5 heteroatoms. The molecule has 0 aliphatic carbocycles. The van der Waals surface area contributed by atoms with Crippen LogP contribution in [0.15, 0.2) is 24.3 Å². The smallest absolute Gasteiger partial charge is 0.321 e. The summed E-state index contributed by atoms with van der Waals surface area (Å²) in [5, 5.41) is 10.5. The van der Waals surface area contributed by atoms with E-state index < -0.39 is 0 Å². The first-order valence-corrected chi connectivity index (χ1v) is 6.88. The number of urea groups is 1. The number of anilines is 1. The highest BCUT2D eigenvalue weighted by atomic mass is 16.2. The molecule has 0 aromatic heterocycles. The van der Waals surface area contributed by atoms with Gasteiger partial charge in [-0.1, -0.05) is 19.1 Å². The molecule has 0 unspecified atom stereocenters. The summed E-state index contributed by atoms with van der Waals surface area (Å²) in [7, 11) is 0. The zero-order chi connectivity index (χ0) is 14.8. The summed E-state index contributed by atoms with van der Waals surface area (Å²) in [5.41, 5.74) is 7.29. The summed E-state index contributed by atoms with van der Waals surface area (Å²) in [4.78, 5) is 14.0. The van der Waals surface area contributed by atoms with Gasteiger partial charge in [0.15, 0.2) is 0 Å². The Balaban J connectivity index is 1.94. The van der Waals surface area contributed by atoms with Crippen LogP contribution in [0.1, 0.15) is 25.3 Å². The van der Waals surface area contributed by atoms with Crippen molar-refractivity contribution < 1.29 is 4.79 Å². The number of benzene rings is 1. The molecule has 1 aromatic rings. The number of nitrogens with zero attached hydrogens (tertiary/aromatic N) is 1. The quantitative estimate of drug-likeness (QED) is 0.572. The van der Waals surface area contributed by atoms with E-state index in [4.69, 9.17) is 11.1 Å². The second-order valence-electron chi connectivity index (χ2n) is 5.76. The summed E-state index contributed by atoms with van der Waals surface area (Å²) in [6.07, 6.45) is 1.48. The van der Waals surface area contributed by atoms with Crippen molar-refractivity contribution in [3.05, 3.63) is 29.8 Å². The summed E-state index contributed by atoms with van der Waals surface area (Å²) in [6.45, 7) is 5.25. The first kappa shape index (κ1) is 14.4. The van der Waals surface area contributed by atoms with Crippen LogP contribution < -0.4 is 11.1 Å². The van der Waals surface area contributed by atoms with Gasteiger partial charge in [0, 0.05) is 24.2 Å². The minimum absolute atomic E-state index is 0.0822. The molecular weight excluding hydrogens is 252 g/mol. The zero-order valence-electron chi connectivity index (χ0n) is 12.1. The SMILES string of the molecule is Cc1cccc(NC(=O)N2CCC(C)(C(=N)N)CC2)c1. The van der Waals surface area contributed by atoms with Crippen LogP contribution in [0.5, 0.6) is 0 Å². The van der Waals surface area contributed by atoms with Gasteiger partial charge < -0.3 is 16.0 Å². The monoisotopic (exact) mass is 274 g/mol. The number of piperidine rings is 1. The van der Waals surface area contributed by atoms with E-state index in [2.05, 4.69) is 5.32 Å². The number of carbonyl (C=O) groups excluding carboxylic acids is 1. The summed E-state index contributed by atoms with van der Waals surface area (Å²) in [5.74, 6) is 0.219. The number of carbonyl (C=O) groups is 1. The molecule has 2 amide bonds. The van der Waals surface area contributed by atoms with Crippen molar-refractivity contribution in [2.24, 2.45) is 11.1 Å². The summed E-state index contributed by atoms with van der Waals surface area (Å²) < 4.78 is 0. The van der Waals surface area contributed by atoms with Gasteiger partial charge in [0.1, 0.15) is 0 Å². The number of likely N-dealkylation sites (tertiary alicyclic amines) is 1. The molecule has 20 heavy (non-hydrogen) atoms. The Labute approximate surface area is 119 Å². The van der Waals surface area contributed by atoms with Crippen LogP contribution in [0.25, 0.3) is 0 Å². The zero-order valence-corrected chi connectivity index (χ0v) is 12.1. The van der Waals surface area contributed by atoms with Crippen molar-refractivity contribution in [1.29, 1.82) is 5.41 Å². The van der Waals surface area contributed by atoms with E-state index >= 15 is 0 Å². The largest absolute Gasteiger partial charge is 0.387 e. The second kappa shape index (κ2) is 5.53. The van der Waals surface area contributed by atoms with Gasteiger partial charge in [-0.3, -0.25) is 5.41 Å². The number of nitrogens with one attached hydrogen (secondary N) is 2. The lowest BCUT2D eigenvalue weighted by Crippen LogP contribution is -2.48. The van der Waals surface area contributed by atoms with E-state index in [9.17, 15) is 4.79 Å². The number of hydrogen-bond acceptors (Lipinski definition) is 2. The normalized spacial score (nSPS) is 17.6. The van der Waals surface area contributed by atoms with Gasteiger partial charge in [0.25, 0.3) is 0 Å². The molecule has 1 saturated heterocycles. The summed E-state index contributed by atoms with van der Waals surface area (Å²) in [6, 6.07) is 7.67. The van der Waals surface area contributed by atoms with Gasteiger partial charge in [0.2, 0.25) is 0 Å². The maximum atomic E-state index is 12.2. The highest BCUT2D eigenvalue weighted by molar-refractivity contribution is 5.90. The van der Waals surface area contributed by atoms with Gasteiger partial charge >= 0.3 is 6.03 Å². The van der Waals surface area contributed by atoms with Crippen molar-refractivity contribution in [2.75, 3.05) is 18.4 Å². The topological polar surface area (TPSA) is 82.2 Å². The molecule has 4 N–H and O–H groups in total. The van der Waals surface area contributed by atoms with Gasteiger partial charge in [-0.2, -0.15) is 0 Å². The van der Waals surface area contributed by atoms with E-state index in [1.165, 1.54) is 0 Å². The Kier molecular flexibility index (Phi) is 3.97. The Morgan fingerprint density at radius 2 is 2.05 bits per heavy atom. The van der Waals surface area contributed by atoms with E-state index in [0.717, 1.165) is 24.1 Å². The lowest BCUT2D eigenvalue weighted by molar-refractivity contribution is 0.170. The Hall–Kier alpha value is -2.04. The fourth-order valence-electron chi connectivity index (χ4n) is 2.40. The molecule has 0 atom stereocenters. The molecule has 1 aliphatic rings. The number of rotatable bonds is 2. The van der Waals surface area contributed by atoms with Crippen molar-refractivity contribution in [3.63, 3.8) is 0 Å². The number of hydrogen-bond donors (Lipinski definition) is 3. The van der Waals surface area contributed by atoms with Crippen LogP contribution in [0.4, 0.5) is 10.5 Å². The predicted molar refractivity (Wildman–Crippen MR) is 81.0 cm³/mol. The van der Waals surface area contributed by atoms with Crippen LogP contribution in [0.2, 0.25) is 0 Å². The third-order valence-electron chi connectivity index (χ3n) is 4.07. The lowest BCUT2D eigenvalue weighted by Gasteiger charge is -2.38. The van der Waals surface area contributed by atoms with Crippen molar-refractivity contribution in [2.45, 2.75) is 26.7 Å². The molecule has 1 aromatic carbocycles. The van der Waals surface area contributed by atoms with E-state index in [0.29, 0.717) is 13.1 Å². The molecule has 0 radical (unpaired) electrons. The standard InChI is InChI=1S/C15H22N4O/c1-11-4-3-5-12(10-11)18-14(20)19-8-6-15(2,7-9-19)13(16)17/h3-5,10H,6-9H2,1-2H3,(H3,16,17)(H,18,20). The highest BCUT2D eigenvalue weighted by Crippen LogP contribution is 2.30. The minimum atomic E-state index is -0.264. The van der Waals surface area contributed by atoms with Gasteiger partial charge in [0.05, 0.1) is 5.84 Å². The fourth-order valence-corrected chi connectivity index (χ4v) is 2.40. The average Bonchev–Trinajstić information content (AvgIpc) is 2.39. The van der Waals surface area contributed by atoms with E-state index in [1.54, 1.807) is 4.90 Å². The molecule has 1 fully saturated rings. The van der Waals surface area contributed by atoms with Crippen molar-refractivity contribution in [1.82, 2.24) is 4.90 Å². The third kappa shape index (κ3) is 3.10. The van der Waals surface area contributed by atoms with Crippen molar-refractivity contribution >= 4 is 17.6 Å². The van der Waals surface area contributed by atoms with E-state index in [-0.39, 0.29) is 17.3 Å². The molecule has 1 aliphatic heterocycles. The Morgan fingerprint density at radius 3 is 2.60 bits per heavy atom.